The predicted octanol–water partition coefficient (Wildman–Crippen LogP) is 9.96. The lowest BCUT2D eigenvalue weighted by molar-refractivity contribution is 0.132. The minimum atomic E-state index is -0.752. The summed E-state index contributed by atoms with van der Waals surface area (Å²) in [6.45, 7) is 0.991. The third kappa shape index (κ3) is 4.50. The molecule has 0 radical (unpaired) electrons. The van der Waals surface area contributed by atoms with Crippen molar-refractivity contribution in [2.45, 2.75) is 0 Å². The molecule has 0 aliphatic heterocycles. The first-order valence-electron chi connectivity index (χ1n) is 15.4. The topological polar surface area (TPSA) is 18.5 Å². The molecule has 0 amide bonds. The van der Waals surface area contributed by atoms with Crippen LogP contribution in [0.1, 0.15) is 22.3 Å². The van der Waals surface area contributed by atoms with E-state index in [2.05, 4.69) is 159 Å². The summed E-state index contributed by atoms with van der Waals surface area (Å²) in [7, 11) is 0. The van der Waals surface area contributed by atoms with Crippen LogP contribution < -0.4 is 0 Å². The fourth-order valence-corrected chi connectivity index (χ4v) is 7.38. The average molecular weight is 621 g/mol. The molecular formula is C41H32O2S2. The lowest BCUT2D eigenvalue weighted by atomic mass is 9.63. The molecule has 0 heterocycles. The van der Waals surface area contributed by atoms with E-state index in [0.717, 1.165) is 11.5 Å². The van der Waals surface area contributed by atoms with Crippen molar-refractivity contribution in [1.82, 2.24) is 0 Å². The zero-order valence-electron chi connectivity index (χ0n) is 24.7. The first-order valence-corrected chi connectivity index (χ1v) is 16.7. The zero-order chi connectivity index (χ0) is 30.4. The van der Waals surface area contributed by atoms with Crippen molar-refractivity contribution in [1.29, 1.82) is 0 Å². The summed E-state index contributed by atoms with van der Waals surface area (Å²) >= 11 is 9.02. The SMILES string of the molecule is SCCOC1=CC=C2C(=Cc3cc(-c4ccccc4)ccc32)C12C(OCCS)=CC=C1C2=Cc2cc(-c3ccccc3)ccc21. The first-order chi connectivity index (χ1) is 22.2. The summed E-state index contributed by atoms with van der Waals surface area (Å²) in [6.07, 6.45) is 13.4. The van der Waals surface area contributed by atoms with E-state index in [1.165, 1.54) is 66.8 Å². The molecule has 4 aromatic rings. The fraction of sp³-hybridized carbons (Fsp3) is 0.122. The van der Waals surface area contributed by atoms with E-state index in [1.807, 2.05) is 0 Å². The summed E-state index contributed by atoms with van der Waals surface area (Å²) in [6, 6.07) is 34.7. The lowest BCUT2D eigenvalue weighted by Crippen LogP contribution is -2.36. The van der Waals surface area contributed by atoms with E-state index in [4.69, 9.17) is 9.47 Å². The smallest absolute Gasteiger partial charge is 0.136 e. The van der Waals surface area contributed by atoms with Crippen molar-refractivity contribution in [3.05, 3.63) is 166 Å². The third-order valence-electron chi connectivity index (χ3n) is 9.13. The number of fused-ring (bicyclic) bond motifs is 8. The van der Waals surface area contributed by atoms with Gasteiger partial charge in [0.15, 0.2) is 0 Å². The maximum atomic E-state index is 6.63. The number of rotatable bonds is 8. The molecule has 0 saturated heterocycles. The van der Waals surface area contributed by atoms with Gasteiger partial charge >= 0.3 is 0 Å². The Labute approximate surface area is 275 Å². The Morgan fingerprint density at radius 2 is 0.933 bits per heavy atom. The molecule has 4 aromatic carbocycles. The van der Waals surface area contributed by atoms with Gasteiger partial charge < -0.3 is 9.47 Å². The maximum absolute atomic E-state index is 6.63. The van der Waals surface area contributed by atoms with E-state index in [1.54, 1.807) is 0 Å². The van der Waals surface area contributed by atoms with Crippen LogP contribution in [-0.2, 0) is 9.47 Å². The van der Waals surface area contributed by atoms with Crippen LogP contribution in [0.15, 0.2) is 144 Å². The number of ether oxygens (including phenoxy) is 2. The third-order valence-corrected chi connectivity index (χ3v) is 9.49. The highest BCUT2D eigenvalue weighted by molar-refractivity contribution is 7.80. The van der Waals surface area contributed by atoms with Crippen LogP contribution in [0.3, 0.4) is 0 Å². The van der Waals surface area contributed by atoms with Crippen molar-refractivity contribution in [3.8, 4) is 22.3 Å². The highest BCUT2D eigenvalue weighted by atomic mass is 32.1. The van der Waals surface area contributed by atoms with Gasteiger partial charge in [-0.05, 0) is 103 Å². The Morgan fingerprint density at radius 1 is 0.489 bits per heavy atom. The van der Waals surface area contributed by atoms with Crippen molar-refractivity contribution in [2.24, 2.45) is 5.41 Å². The fourth-order valence-electron chi connectivity index (χ4n) is 7.20. The van der Waals surface area contributed by atoms with Crippen LogP contribution >= 0.6 is 25.3 Å². The van der Waals surface area contributed by atoms with Crippen molar-refractivity contribution in [3.63, 3.8) is 0 Å². The van der Waals surface area contributed by atoms with Gasteiger partial charge in [-0.3, -0.25) is 0 Å². The second kappa shape index (κ2) is 11.5. The van der Waals surface area contributed by atoms with E-state index in [0.29, 0.717) is 24.7 Å². The van der Waals surface area contributed by atoms with Crippen LogP contribution in [0, 0.1) is 5.41 Å². The molecule has 0 saturated carbocycles. The molecule has 0 bridgehead atoms. The Bertz CT molecular complexity index is 1860. The van der Waals surface area contributed by atoms with Crippen molar-refractivity contribution >= 4 is 48.6 Å². The summed E-state index contributed by atoms with van der Waals surface area (Å²) in [5, 5.41) is 0. The largest absolute Gasteiger partial charge is 0.495 e. The van der Waals surface area contributed by atoms with Gasteiger partial charge in [-0.1, -0.05) is 97.1 Å². The Hall–Kier alpha value is -4.38. The van der Waals surface area contributed by atoms with Gasteiger partial charge in [0.1, 0.15) is 16.9 Å². The molecule has 8 rings (SSSR count). The Balaban J connectivity index is 1.33. The number of hydrogen-bond acceptors (Lipinski definition) is 4. The normalized spacial score (nSPS) is 16.7. The Morgan fingerprint density at radius 3 is 1.36 bits per heavy atom. The number of thiol groups is 2. The van der Waals surface area contributed by atoms with E-state index >= 15 is 0 Å². The minimum Gasteiger partial charge on any atom is -0.495 e. The quantitative estimate of drug-likeness (QED) is 0.191. The van der Waals surface area contributed by atoms with E-state index in [9.17, 15) is 0 Å². The average Bonchev–Trinajstić information content (AvgIpc) is 3.67. The molecule has 45 heavy (non-hydrogen) atoms. The molecule has 0 aromatic heterocycles. The number of benzene rings is 4. The van der Waals surface area contributed by atoms with Gasteiger partial charge in [-0.25, -0.2) is 0 Å². The second-order valence-corrected chi connectivity index (χ2v) is 12.5. The maximum Gasteiger partial charge on any atom is 0.136 e. The predicted molar refractivity (Wildman–Crippen MR) is 194 cm³/mol. The highest BCUT2D eigenvalue weighted by Gasteiger charge is 2.55. The van der Waals surface area contributed by atoms with Crippen LogP contribution in [0.5, 0.6) is 0 Å². The van der Waals surface area contributed by atoms with Gasteiger partial charge in [-0.2, -0.15) is 25.3 Å². The Kier molecular flexibility index (Phi) is 7.20. The van der Waals surface area contributed by atoms with Gasteiger partial charge in [0, 0.05) is 11.5 Å². The van der Waals surface area contributed by atoms with E-state index in [-0.39, 0.29) is 0 Å². The molecule has 1 spiro atoms. The summed E-state index contributed by atoms with van der Waals surface area (Å²) in [5.41, 5.74) is 13.7. The monoisotopic (exact) mass is 620 g/mol. The molecule has 0 unspecified atom stereocenters. The summed E-state index contributed by atoms with van der Waals surface area (Å²) < 4.78 is 13.3. The highest BCUT2D eigenvalue weighted by Crippen LogP contribution is 2.64. The second-order valence-electron chi connectivity index (χ2n) is 11.6. The van der Waals surface area contributed by atoms with E-state index < -0.39 is 5.41 Å². The van der Waals surface area contributed by atoms with Crippen LogP contribution in [-0.4, -0.2) is 24.7 Å². The molecular weight excluding hydrogens is 589 g/mol. The number of hydrogen-bond donors (Lipinski definition) is 2. The van der Waals surface area contributed by atoms with Gasteiger partial charge in [0.25, 0.3) is 0 Å². The van der Waals surface area contributed by atoms with Gasteiger partial charge in [0.05, 0.1) is 13.2 Å². The molecule has 220 valence electrons. The van der Waals surface area contributed by atoms with Crippen LogP contribution in [0.25, 0.3) is 45.6 Å². The molecule has 4 heteroatoms. The van der Waals surface area contributed by atoms with Gasteiger partial charge in [0.2, 0.25) is 0 Å². The zero-order valence-corrected chi connectivity index (χ0v) is 26.5. The standard InChI is InChI=1S/C41H32O2S2/c44-21-19-42-39-17-15-35-33-13-11-29(27-7-3-1-4-8-27)23-31(33)25-37(35)41(39)38-26-32-24-30(28-9-5-2-6-10-28)12-14-34(32)36(38)16-18-40(41)43-20-22-45/h1-18,23-26,44-45H,19-22H2. The van der Waals surface area contributed by atoms with Crippen LogP contribution in [0.4, 0.5) is 0 Å². The van der Waals surface area contributed by atoms with Crippen molar-refractivity contribution < 1.29 is 9.47 Å². The summed E-state index contributed by atoms with van der Waals surface area (Å²) in [5.74, 6) is 2.95. The summed E-state index contributed by atoms with van der Waals surface area (Å²) in [4.78, 5) is 0. The lowest BCUT2D eigenvalue weighted by Gasteiger charge is -2.44. The van der Waals surface area contributed by atoms with Crippen LogP contribution in [0.2, 0.25) is 0 Å². The molecule has 4 aliphatic carbocycles. The molecule has 4 aliphatic rings. The van der Waals surface area contributed by atoms with Crippen molar-refractivity contribution in [2.75, 3.05) is 24.7 Å². The molecule has 0 fully saturated rings. The molecule has 2 nitrogen and oxygen atoms in total. The first kappa shape index (κ1) is 28.1. The molecule has 0 atom stereocenters. The minimum absolute atomic E-state index is 0.496. The number of allylic oxidation sites excluding steroid dienone is 6. The molecule has 0 N–H and O–H groups in total. The van der Waals surface area contributed by atoms with Gasteiger partial charge in [-0.15, -0.1) is 0 Å².